The molecule has 3 heterocycles. The first kappa shape index (κ1) is 26.7. The number of rotatable bonds is 6. The van der Waals surface area contributed by atoms with Gasteiger partial charge in [0, 0.05) is 42.7 Å². The van der Waals surface area contributed by atoms with Crippen molar-refractivity contribution in [1.82, 2.24) is 14.6 Å². The number of carbonyl (C=O) groups is 2. The van der Waals surface area contributed by atoms with Crippen LogP contribution in [-0.2, 0) is 24.2 Å². The number of anilines is 2. The first-order valence-electron chi connectivity index (χ1n) is 13.1. The van der Waals surface area contributed by atoms with E-state index in [-0.39, 0.29) is 35.9 Å². The number of fused-ring (bicyclic) bond motifs is 2. The summed E-state index contributed by atoms with van der Waals surface area (Å²) < 4.78 is 1.16. The number of aryl methyl sites for hydroxylation is 1. The van der Waals surface area contributed by atoms with Gasteiger partial charge in [-0.1, -0.05) is 37.6 Å². The Morgan fingerprint density at radius 2 is 1.82 bits per heavy atom. The molecule has 1 aromatic heterocycles. The van der Waals surface area contributed by atoms with Gasteiger partial charge in [-0.3, -0.25) is 14.4 Å². The van der Waals surface area contributed by atoms with E-state index in [0.29, 0.717) is 53.6 Å². The van der Waals surface area contributed by atoms with Crippen LogP contribution in [-0.4, -0.2) is 47.1 Å². The Bertz CT molecular complexity index is 1480. The van der Waals surface area contributed by atoms with E-state index in [1.54, 1.807) is 22.9 Å². The number of hydrogen-bond acceptors (Lipinski definition) is 6. The number of amides is 2. The molecule has 0 saturated carbocycles. The number of halogens is 1. The molecule has 1 unspecified atom stereocenters. The lowest BCUT2D eigenvalue weighted by molar-refractivity contribution is -0.118. The Balaban J connectivity index is 1.41. The van der Waals surface area contributed by atoms with Crippen LogP contribution < -0.4 is 20.6 Å². The maximum atomic E-state index is 13.5. The molecule has 0 radical (unpaired) electrons. The van der Waals surface area contributed by atoms with Crippen molar-refractivity contribution in [2.45, 2.75) is 45.7 Å². The van der Waals surface area contributed by atoms with Crippen LogP contribution in [0, 0.1) is 5.92 Å². The molecule has 2 aromatic carbocycles. The predicted molar refractivity (Wildman–Crippen MR) is 150 cm³/mol. The molecule has 204 valence electrons. The molecule has 0 fully saturated rings. The van der Waals surface area contributed by atoms with E-state index in [4.69, 9.17) is 21.4 Å². The van der Waals surface area contributed by atoms with Gasteiger partial charge in [-0.05, 0) is 53.8 Å². The minimum absolute atomic E-state index is 0.0675. The molecule has 0 bridgehead atoms. The highest BCUT2D eigenvalue weighted by Crippen LogP contribution is 2.30. The summed E-state index contributed by atoms with van der Waals surface area (Å²) >= 11 is 6.08. The standard InChI is InChI=1S/C29H32ClN5O4/c1-17(2)26(18-5-9-21(30)10-6-18)32-29-31-23-13-14-34(16-22(23)28(38)35(29)39-4)27(37)20-7-11-24-19(15-20)8-12-25(36)33(24)3/h5-7,9-11,15,17,26H,8,12-14,16H2,1-4H3,(H,31,32). The topological polar surface area (TPSA) is 96.8 Å². The molecule has 39 heavy (non-hydrogen) atoms. The van der Waals surface area contributed by atoms with Crippen LogP contribution in [0.1, 0.15) is 59.1 Å². The van der Waals surface area contributed by atoms with E-state index in [1.807, 2.05) is 36.4 Å². The van der Waals surface area contributed by atoms with Crippen molar-refractivity contribution < 1.29 is 14.4 Å². The van der Waals surface area contributed by atoms with Gasteiger partial charge < -0.3 is 20.0 Å². The molecule has 2 aliphatic heterocycles. The van der Waals surface area contributed by atoms with Gasteiger partial charge in [0.1, 0.15) is 7.11 Å². The van der Waals surface area contributed by atoms with Gasteiger partial charge in [0.05, 0.1) is 23.8 Å². The minimum atomic E-state index is -0.341. The Morgan fingerprint density at radius 3 is 2.51 bits per heavy atom. The van der Waals surface area contributed by atoms with Crippen LogP contribution in [0.5, 0.6) is 0 Å². The fourth-order valence-electron chi connectivity index (χ4n) is 5.31. The first-order valence-corrected chi connectivity index (χ1v) is 13.5. The third-order valence-corrected chi connectivity index (χ3v) is 7.76. The van der Waals surface area contributed by atoms with Gasteiger partial charge in [-0.2, -0.15) is 0 Å². The second kappa shape index (κ2) is 10.7. The van der Waals surface area contributed by atoms with Crippen molar-refractivity contribution in [1.29, 1.82) is 0 Å². The van der Waals surface area contributed by atoms with E-state index in [0.717, 1.165) is 21.5 Å². The van der Waals surface area contributed by atoms with E-state index < -0.39 is 0 Å². The number of nitrogens with zero attached hydrogens (tertiary/aromatic N) is 4. The molecule has 0 saturated heterocycles. The zero-order valence-corrected chi connectivity index (χ0v) is 23.3. The Kier molecular flexibility index (Phi) is 7.36. The first-order chi connectivity index (χ1) is 18.7. The van der Waals surface area contributed by atoms with Gasteiger partial charge in [0.2, 0.25) is 11.9 Å². The predicted octanol–water partition coefficient (Wildman–Crippen LogP) is 3.87. The highest BCUT2D eigenvalue weighted by Gasteiger charge is 2.29. The second-order valence-corrected chi connectivity index (χ2v) is 10.8. The molecule has 0 spiro atoms. The monoisotopic (exact) mass is 549 g/mol. The van der Waals surface area contributed by atoms with Crippen LogP contribution in [0.2, 0.25) is 5.02 Å². The van der Waals surface area contributed by atoms with Crippen LogP contribution in [0.4, 0.5) is 11.6 Å². The number of aromatic nitrogens is 2. The Hall–Kier alpha value is -3.85. The van der Waals surface area contributed by atoms with Crippen LogP contribution in [0.3, 0.4) is 0 Å². The van der Waals surface area contributed by atoms with Gasteiger partial charge in [-0.15, -0.1) is 4.73 Å². The van der Waals surface area contributed by atoms with Crippen molar-refractivity contribution in [3.63, 3.8) is 0 Å². The maximum absolute atomic E-state index is 13.5. The molecular formula is C29H32ClN5O4. The summed E-state index contributed by atoms with van der Waals surface area (Å²) in [5, 5.41) is 4.05. The number of benzene rings is 2. The fourth-order valence-corrected chi connectivity index (χ4v) is 5.44. The van der Waals surface area contributed by atoms with Crippen molar-refractivity contribution in [3.05, 3.63) is 85.8 Å². The van der Waals surface area contributed by atoms with E-state index in [2.05, 4.69) is 19.2 Å². The zero-order chi connectivity index (χ0) is 27.8. The zero-order valence-electron chi connectivity index (χ0n) is 22.5. The summed E-state index contributed by atoms with van der Waals surface area (Å²) in [4.78, 5) is 52.5. The van der Waals surface area contributed by atoms with E-state index >= 15 is 0 Å². The van der Waals surface area contributed by atoms with Crippen LogP contribution >= 0.6 is 11.6 Å². The second-order valence-electron chi connectivity index (χ2n) is 10.3. The number of nitrogens with one attached hydrogen (secondary N) is 1. The molecule has 5 rings (SSSR count). The smallest absolute Gasteiger partial charge is 0.293 e. The van der Waals surface area contributed by atoms with Gasteiger partial charge >= 0.3 is 0 Å². The number of carbonyl (C=O) groups excluding carboxylic acids is 2. The summed E-state index contributed by atoms with van der Waals surface area (Å²) in [6.07, 6.45) is 1.48. The van der Waals surface area contributed by atoms with Crippen molar-refractivity contribution in [3.8, 4) is 0 Å². The molecule has 1 N–H and O–H groups in total. The van der Waals surface area contributed by atoms with Gasteiger partial charge in [0.15, 0.2) is 0 Å². The third kappa shape index (κ3) is 5.11. The number of hydrogen-bond donors (Lipinski definition) is 1. The lowest BCUT2D eigenvalue weighted by Gasteiger charge is -2.31. The molecule has 1 atom stereocenters. The summed E-state index contributed by atoms with van der Waals surface area (Å²) in [5.74, 6) is 0.421. The lowest BCUT2D eigenvalue weighted by atomic mass is 9.96. The highest BCUT2D eigenvalue weighted by atomic mass is 35.5. The molecule has 2 amide bonds. The highest BCUT2D eigenvalue weighted by molar-refractivity contribution is 6.30. The lowest BCUT2D eigenvalue weighted by Crippen LogP contribution is -2.42. The van der Waals surface area contributed by atoms with Crippen LogP contribution in [0.25, 0.3) is 0 Å². The van der Waals surface area contributed by atoms with Crippen molar-refractivity contribution in [2.75, 3.05) is 30.9 Å². The molecule has 3 aromatic rings. The van der Waals surface area contributed by atoms with Crippen LogP contribution in [0.15, 0.2) is 47.3 Å². The normalized spacial score (nSPS) is 15.6. The largest absolute Gasteiger partial charge is 0.411 e. The van der Waals surface area contributed by atoms with Crippen molar-refractivity contribution in [2.24, 2.45) is 5.92 Å². The van der Waals surface area contributed by atoms with Gasteiger partial charge in [-0.25, -0.2) is 4.98 Å². The minimum Gasteiger partial charge on any atom is -0.411 e. The summed E-state index contributed by atoms with van der Waals surface area (Å²) in [6.45, 7) is 4.75. The van der Waals surface area contributed by atoms with E-state index in [1.165, 1.54) is 7.11 Å². The average Bonchev–Trinajstić information content (AvgIpc) is 2.93. The van der Waals surface area contributed by atoms with Crippen molar-refractivity contribution >= 4 is 35.1 Å². The Labute approximate surface area is 232 Å². The fraction of sp³-hybridized carbons (Fsp3) is 0.379. The summed E-state index contributed by atoms with van der Waals surface area (Å²) in [6, 6.07) is 12.9. The Morgan fingerprint density at radius 1 is 1.08 bits per heavy atom. The molecule has 9 nitrogen and oxygen atoms in total. The molecule has 0 aliphatic carbocycles. The summed E-state index contributed by atoms with van der Waals surface area (Å²) in [7, 11) is 3.17. The molecule has 10 heteroatoms. The quantitative estimate of drug-likeness (QED) is 0.501. The summed E-state index contributed by atoms with van der Waals surface area (Å²) in [5.41, 5.74) is 4.12. The van der Waals surface area contributed by atoms with Gasteiger partial charge in [0.25, 0.3) is 11.5 Å². The average molecular weight is 550 g/mol. The third-order valence-electron chi connectivity index (χ3n) is 7.51. The molecular weight excluding hydrogens is 518 g/mol. The van der Waals surface area contributed by atoms with E-state index in [9.17, 15) is 14.4 Å². The SMILES string of the molecule is COn1c(NC(c2ccc(Cl)cc2)C(C)C)nc2c(c1=O)CN(C(=O)c1ccc3c(c1)CCC(=O)N3C)CC2. The maximum Gasteiger partial charge on any atom is 0.293 e. The molecule has 2 aliphatic rings.